The fraction of sp³-hybridized carbons (Fsp3) is 0.538. The quantitative estimate of drug-likeness (QED) is 0.913. The lowest BCUT2D eigenvalue weighted by molar-refractivity contribution is 0.579. The van der Waals surface area contributed by atoms with Crippen LogP contribution in [0.5, 0.6) is 0 Å². The van der Waals surface area contributed by atoms with E-state index in [0.717, 1.165) is 17.0 Å². The maximum absolute atomic E-state index is 12.3. The number of thioether (sulfide) groups is 1. The summed E-state index contributed by atoms with van der Waals surface area (Å²) < 4.78 is 24.6. The third-order valence-electron chi connectivity index (χ3n) is 3.47. The van der Waals surface area contributed by atoms with Crippen LogP contribution in [0.15, 0.2) is 18.2 Å². The summed E-state index contributed by atoms with van der Waals surface area (Å²) in [4.78, 5) is 1.97. The van der Waals surface area contributed by atoms with Crippen LogP contribution in [0.4, 0.5) is 5.69 Å². The first kappa shape index (κ1) is 15.9. The molecule has 0 spiro atoms. The predicted molar refractivity (Wildman–Crippen MR) is 87.3 cm³/mol. The summed E-state index contributed by atoms with van der Waals surface area (Å²) in [7, 11) is -3.12. The molecule has 1 aromatic rings. The van der Waals surface area contributed by atoms with Crippen LogP contribution >= 0.6 is 23.4 Å². The van der Waals surface area contributed by atoms with E-state index in [2.05, 4.69) is 0 Å². The van der Waals surface area contributed by atoms with Gasteiger partial charge in [-0.2, -0.15) is 11.8 Å². The van der Waals surface area contributed by atoms with E-state index in [4.69, 9.17) is 17.3 Å². The number of nitrogens with two attached hydrogens (primary N) is 1. The maximum atomic E-state index is 12.3. The molecule has 4 nitrogen and oxygen atoms in total. The molecule has 0 bridgehead atoms. The molecular formula is C13H19ClN2O2S2. The molecular weight excluding hydrogens is 316 g/mol. The van der Waals surface area contributed by atoms with Crippen LogP contribution < -0.4 is 10.6 Å². The van der Waals surface area contributed by atoms with Crippen LogP contribution in [-0.2, 0) is 16.4 Å². The molecule has 2 rings (SSSR count). The number of rotatable bonds is 4. The number of benzene rings is 1. The van der Waals surface area contributed by atoms with Crippen LogP contribution in [0, 0.1) is 0 Å². The van der Waals surface area contributed by atoms with Crippen molar-refractivity contribution in [2.75, 3.05) is 28.7 Å². The van der Waals surface area contributed by atoms with Gasteiger partial charge in [-0.3, -0.25) is 0 Å². The fourth-order valence-electron chi connectivity index (χ4n) is 2.34. The number of nitrogens with zero attached hydrogens (tertiary/aromatic N) is 1. The maximum Gasteiger partial charge on any atom is 0.171 e. The van der Waals surface area contributed by atoms with Gasteiger partial charge in [0.2, 0.25) is 0 Å². The first-order valence-corrected chi connectivity index (χ1v) is 9.79. The van der Waals surface area contributed by atoms with Crippen molar-refractivity contribution in [3.63, 3.8) is 0 Å². The lowest BCUT2D eigenvalue weighted by Crippen LogP contribution is -2.48. The molecule has 1 aliphatic rings. The zero-order chi connectivity index (χ0) is 14.8. The van der Waals surface area contributed by atoms with Crippen LogP contribution in [0.25, 0.3) is 0 Å². The van der Waals surface area contributed by atoms with Crippen molar-refractivity contribution < 1.29 is 8.42 Å². The molecule has 1 saturated heterocycles. The third-order valence-corrected chi connectivity index (χ3v) is 7.00. The van der Waals surface area contributed by atoms with E-state index in [9.17, 15) is 8.42 Å². The van der Waals surface area contributed by atoms with Gasteiger partial charge in [0.15, 0.2) is 9.84 Å². The van der Waals surface area contributed by atoms with Gasteiger partial charge in [0.05, 0.1) is 0 Å². The first-order chi connectivity index (χ1) is 9.49. The highest BCUT2D eigenvalue weighted by Crippen LogP contribution is 2.31. The molecule has 2 N–H and O–H groups in total. The van der Waals surface area contributed by atoms with Crippen molar-refractivity contribution in [1.29, 1.82) is 0 Å². The molecule has 1 aliphatic heterocycles. The molecule has 20 heavy (non-hydrogen) atoms. The summed E-state index contributed by atoms with van der Waals surface area (Å²) in [5.74, 6) is 1.67. The summed E-state index contributed by atoms with van der Waals surface area (Å²) in [5.41, 5.74) is 7.55. The Labute approximate surface area is 129 Å². The Kier molecular flexibility index (Phi) is 5.23. The number of halogens is 1. The van der Waals surface area contributed by atoms with Crippen molar-refractivity contribution in [1.82, 2.24) is 0 Å². The van der Waals surface area contributed by atoms with Gasteiger partial charge in [-0.05, 0) is 23.8 Å². The van der Waals surface area contributed by atoms with Gasteiger partial charge in [-0.25, -0.2) is 8.42 Å². The molecule has 1 unspecified atom stereocenters. The van der Waals surface area contributed by atoms with E-state index in [0.29, 0.717) is 23.9 Å². The van der Waals surface area contributed by atoms with Gasteiger partial charge in [0, 0.05) is 41.1 Å². The van der Waals surface area contributed by atoms with Gasteiger partial charge >= 0.3 is 0 Å². The second kappa shape index (κ2) is 6.56. The second-order valence-corrected chi connectivity index (χ2v) is 8.69. The Bertz CT molecular complexity index is 578. The average molecular weight is 335 g/mol. The van der Waals surface area contributed by atoms with Gasteiger partial charge in [-0.1, -0.05) is 18.5 Å². The van der Waals surface area contributed by atoms with Crippen molar-refractivity contribution >= 4 is 38.9 Å². The fourth-order valence-corrected chi connectivity index (χ4v) is 5.52. The summed E-state index contributed by atoms with van der Waals surface area (Å²) in [5, 5.41) is 0.146. The van der Waals surface area contributed by atoms with E-state index in [-0.39, 0.29) is 5.75 Å². The zero-order valence-electron chi connectivity index (χ0n) is 11.4. The minimum Gasteiger partial charge on any atom is -0.353 e. The van der Waals surface area contributed by atoms with Gasteiger partial charge in [0.25, 0.3) is 0 Å². The smallest absolute Gasteiger partial charge is 0.171 e. The van der Waals surface area contributed by atoms with Gasteiger partial charge in [0.1, 0.15) is 5.37 Å². The van der Waals surface area contributed by atoms with Crippen molar-refractivity contribution in [3.05, 3.63) is 28.8 Å². The lowest BCUT2D eigenvalue weighted by Gasteiger charge is -2.37. The molecule has 0 amide bonds. The van der Waals surface area contributed by atoms with Gasteiger partial charge in [-0.15, -0.1) is 0 Å². The molecule has 0 radical (unpaired) electrons. The first-order valence-electron chi connectivity index (χ1n) is 6.54. The summed E-state index contributed by atoms with van der Waals surface area (Å²) in [6.45, 7) is 2.75. The highest BCUT2D eigenvalue weighted by Gasteiger charge is 2.33. The van der Waals surface area contributed by atoms with E-state index in [1.54, 1.807) is 24.8 Å². The number of sulfone groups is 1. The highest BCUT2D eigenvalue weighted by molar-refractivity contribution is 8.01. The van der Waals surface area contributed by atoms with E-state index >= 15 is 0 Å². The molecule has 0 aromatic heterocycles. The molecule has 1 atom stereocenters. The van der Waals surface area contributed by atoms with Crippen LogP contribution in [0.1, 0.15) is 12.5 Å². The monoisotopic (exact) mass is 334 g/mol. The molecule has 1 fully saturated rings. The lowest BCUT2D eigenvalue weighted by atomic mass is 10.1. The second-order valence-electron chi connectivity index (χ2n) is 4.65. The average Bonchev–Trinajstić information content (AvgIpc) is 2.47. The van der Waals surface area contributed by atoms with E-state index in [1.807, 2.05) is 17.0 Å². The third kappa shape index (κ3) is 3.24. The topological polar surface area (TPSA) is 63.4 Å². The highest BCUT2D eigenvalue weighted by atomic mass is 35.5. The van der Waals surface area contributed by atoms with Crippen molar-refractivity contribution in [2.24, 2.45) is 5.73 Å². The Morgan fingerprint density at radius 3 is 2.90 bits per heavy atom. The molecule has 112 valence electrons. The number of hydrogen-bond acceptors (Lipinski definition) is 5. The van der Waals surface area contributed by atoms with Crippen LogP contribution in [0.3, 0.4) is 0 Å². The molecule has 0 aliphatic carbocycles. The molecule has 1 heterocycles. The number of hydrogen-bond donors (Lipinski definition) is 1. The Morgan fingerprint density at radius 2 is 2.25 bits per heavy atom. The van der Waals surface area contributed by atoms with Gasteiger partial charge < -0.3 is 10.6 Å². The minimum atomic E-state index is -3.12. The minimum absolute atomic E-state index is 0.153. The normalized spacial score (nSPS) is 20.1. The standard InChI is InChI=1S/C13H19ClN2O2S2/c1-2-20(17,18)13-9-19-6-5-16(13)12-4-3-11(14)7-10(12)8-15/h3-4,7,13H,2,5-6,8-9,15H2,1H3. The van der Waals surface area contributed by atoms with Crippen molar-refractivity contribution in [2.45, 2.75) is 18.8 Å². The van der Waals surface area contributed by atoms with Crippen molar-refractivity contribution in [3.8, 4) is 0 Å². The summed E-state index contributed by atoms with van der Waals surface area (Å²) in [6, 6.07) is 5.47. The van der Waals surface area contributed by atoms with E-state index in [1.165, 1.54) is 0 Å². The summed E-state index contributed by atoms with van der Waals surface area (Å²) >= 11 is 7.67. The molecule has 1 aromatic carbocycles. The Balaban J connectivity index is 2.43. The Hall–Kier alpha value is -0.430. The molecule has 7 heteroatoms. The molecule has 0 saturated carbocycles. The van der Waals surface area contributed by atoms with Crippen LogP contribution in [-0.4, -0.2) is 37.6 Å². The Morgan fingerprint density at radius 1 is 1.50 bits per heavy atom. The van der Waals surface area contributed by atoms with Crippen LogP contribution in [0.2, 0.25) is 5.02 Å². The number of anilines is 1. The summed E-state index contributed by atoms with van der Waals surface area (Å²) in [6.07, 6.45) is 0. The predicted octanol–water partition coefficient (Wildman–Crippen LogP) is 2.11. The van der Waals surface area contributed by atoms with E-state index < -0.39 is 15.2 Å². The SMILES string of the molecule is CCS(=O)(=O)C1CSCCN1c1ccc(Cl)cc1CN. The largest absolute Gasteiger partial charge is 0.353 e. The zero-order valence-corrected chi connectivity index (χ0v) is 13.8.